The number of piperidine rings is 1. The number of anilines is 2. The molecule has 0 atom stereocenters. The molecule has 0 radical (unpaired) electrons. The van der Waals surface area contributed by atoms with Crippen LogP contribution in [-0.2, 0) is 0 Å². The first-order valence-corrected chi connectivity index (χ1v) is 7.21. The van der Waals surface area contributed by atoms with Crippen LogP contribution in [0.15, 0.2) is 18.3 Å². The van der Waals surface area contributed by atoms with Crippen molar-refractivity contribution in [1.82, 2.24) is 9.88 Å². The maximum atomic E-state index is 4.44. The van der Waals surface area contributed by atoms with Crippen LogP contribution < -0.4 is 10.2 Å². The third-order valence-corrected chi connectivity index (χ3v) is 3.83. The second kappa shape index (κ2) is 6.24. The normalized spacial score (nSPS) is 17.7. The molecule has 1 fully saturated rings. The van der Waals surface area contributed by atoms with Crippen molar-refractivity contribution < 1.29 is 0 Å². The number of aromatic nitrogens is 1. The Labute approximate surface area is 116 Å². The van der Waals surface area contributed by atoms with Gasteiger partial charge in [0.25, 0.3) is 0 Å². The minimum absolute atomic E-state index is 0.568. The van der Waals surface area contributed by atoms with E-state index in [9.17, 15) is 0 Å². The highest BCUT2D eigenvalue weighted by Gasteiger charge is 2.21. The molecule has 0 saturated carbocycles. The second-order valence-electron chi connectivity index (χ2n) is 5.82. The molecule has 1 aliphatic heterocycles. The molecule has 1 saturated heterocycles. The Balaban J connectivity index is 1.96. The molecule has 1 N–H and O–H groups in total. The summed E-state index contributed by atoms with van der Waals surface area (Å²) in [7, 11) is 4.07. The van der Waals surface area contributed by atoms with E-state index >= 15 is 0 Å². The largest absolute Gasteiger partial charge is 0.379 e. The van der Waals surface area contributed by atoms with E-state index in [-0.39, 0.29) is 0 Å². The fourth-order valence-electron chi connectivity index (χ4n) is 2.65. The van der Waals surface area contributed by atoms with Gasteiger partial charge < -0.3 is 15.1 Å². The third kappa shape index (κ3) is 3.60. The number of likely N-dealkylation sites (tertiary alicyclic amines) is 1. The highest BCUT2D eigenvalue weighted by Crippen LogP contribution is 2.24. The minimum Gasteiger partial charge on any atom is -0.379 e. The summed E-state index contributed by atoms with van der Waals surface area (Å²) >= 11 is 0. The smallest absolute Gasteiger partial charge is 0.151 e. The minimum atomic E-state index is 0.568. The number of nitrogens with one attached hydrogen (secondary N) is 1. The standard InChI is InChI=1S/C15H26N4/c1-12(2)19-10-7-13(8-11-19)17-14-6-5-9-16-15(14)18(3)4/h5-6,9,12-13,17H,7-8,10-11H2,1-4H3. The molecular formula is C15H26N4. The SMILES string of the molecule is CC(C)N1CCC(Nc2cccnc2N(C)C)CC1. The Hall–Kier alpha value is -1.29. The quantitative estimate of drug-likeness (QED) is 0.903. The molecule has 106 valence electrons. The maximum Gasteiger partial charge on any atom is 0.151 e. The van der Waals surface area contributed by atoms with E-state index in [1.54, 1.807) is 0 Å². The van der Waals surface area contributed by atoms with Gasteiger partial charge in [0.2, 0.25) is 0 Å². The number of hydrogen-bond acceptors (Lipinski definition) is 4. The van der Waals surface area contributed by atoms with Crippen molar-refractivity contribution in [2.24, 2.45) is 0 Å². The van der Waals surface area contributed by atoms with Gasteiger partial charge in [-0.1, -0.05) is 0 Å². The summed E-state index contributed by atoms with van der Waals surface area (Å²) in [5, 5.41) is 3.66. The van der Waals surface area contributed by atoms with Crippen molar-refractivity contribution in [1.29, 1.82) is 0 Å². The highest BCUT2D eigenvalue weighted by atomic mass is 15.2. The summed E-state index contributed by atoms with van der Waals surface area (Å²) in [5.41, 5.74) is 1.15. The van der Waals surface area contributed by atoms with Gasteiger partial charge in [0.15, 0.2) is 5.82 Å². The Kier molecular flexibility index (Phi) is 4.64. The third-order valence-electron chi connectivity index (χ3n) is 3.83. The number of hydrogen-bond donors (Lipinski definition) is 1. The number of pyridine rings is 1. The van der Waals surface area contributed by atoms with Crippen LogP contribution in [0.3, 0.4) is 0 Å². The van der Waals surface area contributed by atoms with Crippen molar-refractivity contribution >= 4 is 11.5 Å². The summed E-state index contributed by atoms with van der Waals surface area (Å²) in [5.74, 6) is 1.02. The van der Waals surface area contributed by atoms with Gasteiger partial charge in [-0.3, -0.25) is 0 Å². The van der Waals surface area contributed by atoms with Gasteiger partial charge in [-0.05, 0) is 38.8 Å². The van der Waals surface area contributed by atoms with E-state index in [0.29, 0.717) is 12.1 Å². The lowest BCUT2D eigenvalue weighted by molar-refractivity contribution is 0.177. The van der Waals surface area contributed by atoms with E-state index in [2.05, 4.69) is 40.0 Å². The summed E-state index contributed by atoms with van der Waals surface area (Å²) in [6, 6.07) is 5.35. The predicted octanol–water partition coefficient (Wildman–Crippen LogP) is 2.43. The average molecular weight is 262 g/mol. The molecule has 0 aliphatic carbocycles. The highest BCUT2D eigenvalue weighted by molar-refractivity contribution is 5.65. The van der Waals surface area contributed by atoms with Crippen LogP contribution in [0.2, 0.25) is 0 Å². The second-order valence-corrected chi connectivity index (χ2v) is 5.82. The van der Waals surface area contributed by atoms with Gasteiger partial charge in [0.05, 0.1) is 5.69 Å². The van der Waals surface area contributed by atoms with Crippen LogP contribution in [-0.4, -0.2) is 49.2 Å². The Bertz CT molecular complexity index is 395. The number of nitrogens with zero attached hydrogens (tertiary/aromatic N) is 3. The molecule has 1 aromatic heterocycles. The van der Waals surface area contributed by atoms with E-state index in [1.165, 1.54) is 25.9 Å². The van der Waals surface area contributed by atoms with Crippen LogP contribution >= 0.6 is 0 Å². The van der Waals surface area contributed by atoms with Gasteiger partial charge in [-0.15, -0.1) is 0 Å². The molecule has 0 unspecified atom stereocenters. The van der Waals surface area contributed by atoms with Crippen molar-refractivity contribution in [3.63, 3.8) is 0 Å². The molecule has 19 heavy (non-hydrogen) atoms. The molecule has 2 rings (SSSR count). The van der Waals surface area contributed by atoms with E-state index in [0.717, 1.165) is 11.5 Å². The van der Waals surface area contributed by atoms with Crippen molar-refractivity contribution in [3.8, 4) is 0 Å². The van der Waals surface area contributed by atoms with Crippen LogP contribution in [0.5, 0.6) is 0 Å². The van der Waals surface area contributed by atoms with Gasteiger partial charge in [-0.2, -0.15) is 0 Å². The van der Waals surface area contributed by atoms with Crippen LogP contribution in [0.4, 0.5) is 11.5 Å². The van der Waals surface area contributed by atoms with Gasteiger partial charge in [0, 0.05) is 45.5 Å². The lowest BCUT2D eigenvalue weighted by Crippen LogP contribution is -2.42. The monoisotopic (exact) mass is 262 g/mol. The van der Waals surface area contributed by atoms with E-state index in [1.807, 2.05) is 26.4 Å². The van der Waals surface area contributed by atoms with Crippen LogP contribution in [0.1, 0.15) is 26.7 Å². The Morgan fingerprint density at radius 1 is 1.32 bits per heavy atom. The molecule has 0 bridgehead atoms. The van der Waals surface area contributed by atoms with E-state index < -0.39 is 0 Å². The maximum absolute atomic E-state index is 4.44. The molecule has 0 aromatic carbocycles. The first kappa shape index (κ1) is 14.1. The summed E-state index contributed by atoms with van der Waals surface area (Å²) in [6.45, 7) is 6.93. The first-order chi connectivity index (χ1) is 9.08. The molecule has 1 aliphatic rings. The summed E-state index contributed by atoms with van der Waals surface area (Å²) in [4.78, 5) is 9.05. The molecule has 0 amide bonds. The zero-order valence-electron chi connectivity index (χ0n) is 12.6. The molecule has 0 spiro atoms. The van der Waals surface area contributed by atoms with Crippen LogP contribution in [0, 0.1) is 0 Å². The molecule has 4 nitrogen and oxygen atoms in total. The van der Waals surface area contributed by atoms with Gasteiger partial charge in [-0.25, -0.2) is 4.98 Å². The van der Waals surface area contributed by atoms with Crippen molar-refractivity contribution in [2.45, 2.75) is 38.8 Å². The first-order valence-electron chi connectivity index (χ1n) is 7.21. The fraction of sp³-hybridized carbons (Fsp3) is 0.667. The van der Waals surface area contributed by atoms with Gasteiger partial charge in [0.1, 0.15) is 0 Å². The topological polar surface area (TPSA) is 31.4 Å². The fourth-order valence-corrected chi connectivity index (χ4v) is 2.65. The van der Waals surface area contributed by atoms with Gasteiger partial charge >= 0.3 is 0 Å². The zero-order chi connectivity index (χ0) is 13.8. The Morgan fingerprint density at radius 2 is 2.00 bits per heavy atom. The molecule has 1 aromatic rings. The zero-order valence-corrected chi connectivity index (χ0v) is 12.6. The van der Waals surface area contributed by atoms with Crippen molar-refractivity contribution in [2.75, 3.05) is 37.4 Å². The summed E-state index contributed by atoms with van der Waals surface area (Å²) < 4.78 is 0. The predicted molar refractivity (Wildman–Crippen MR) is 81.9 cm³/mol. The summed E-state index contributed by atoms with van der Waals surface area (Å²) in [6.07, 6.45) is 4.27. The molecular weight excluding hydrogens is 236 g/mol. The Morgan fingerprint density at radius 3 is 2.58 bits per heavy atom. The van der Waals surface area contributed by atoms with E-state index in [4.69, 9.17) is 0 Å². The molecule has 2 heterocycles. The number of rotatable bonds is 4. The lowest BCUT2D eigenvalue weighted by Gasteiger charge is -2.35. The lowest BCUT2D eigenvalue weighted by atomic mass is 10.0. The van der Waals surface area contributed by atoms with Crippen LogP contribution in [0.25, 0.3) is 0 Å². The van der Waals surface area contributed by atoms with Crippen molar-refractivity contribution in [3.05, 3.63) is 18.3 Å². The molecule has 4 heteroatoms. The average Bonchev–Trinajstić information content (AvgIpc) is 2.39.